The molecule has 1 aliphatic rings. The number of ether oxygens (including phenoxy) is 1. The van der Waals surface area contributed by atoms with Gasteiger partial charge in [-0.25, -0.2) is 4.79 Å². The number of aliphatic hydroxyl groups excluding tert-OH is 1. The van der Waals surface area contributed by atoms with Crippen LogP contribution in [0.2, 0.25) is 10.6 Å². The van der Waals surface area contributed by atoms with Crippen LogP contribution in [0.4, 0.5) is 13.6 Å². The fraction of sp³-hybridized carbons (Fsp3) is 0.481. The van der Waals surface area contributed by atoms with Crippen LogP contribution in [0.1, 0.15) is 56.3 Å². The molecule has 2 aromatic rings. The molecule has 3 rings (SSSR count). The molecule has 1 saturated heterocycles. The quantitative estimate of drug-likeness (QED) is 0.246. The van der Waals surface area contributed by atoms with E-state index in [1.54, 1.807) is 0 Å². The highest BCUT2D eigenvalue weighted by molar-refractivity contribution is 6.44. The Morgan fingerprint density at radius 1 is 1.32 bits per heavy atom. The average Bonchev–Trinajstić information content (AvgIpc) is 3.35. The van der Waals surface area contributed by atoms with E-state index in [0.717, 1.165) is 12.5 Å². The Balaban J connectivity index is 1.68. The van der Waals surface area contributed by atoms with E-state index in [1.807, 2.05) is 6.92 Å². The smallest absolute Gasteiger partial charge is 0.399 e. The second-order valence-corrected chi connectivity index (χ2v) is 11.2. The van der Waals surface area contributed by atoms with Gasteiger partial charge in [0.25, 0.3) is 0 Å². The van der Waals surface area contributed by atoms with Gasteiger partial charge in [0.05, 0.1) is 18.2 Å². The summed E-state index contributed by atoms with van der Waals surface area (Å²) >= 11 is 5.93. The minimum atomic E-state index is -3.64. The number of aromatic nitrogens is 1. The molecule has 1 aromatic carbocycles. The van der Waals surface area contributed by atoms with Gasteiger partial charge in [-0.05, 0) is 37.5 Å². The van der Waals surface area contributed by atoms with Crippen molar-refractivity contribution in [2.45, 2.75) is 62.6 Å². The lowest BCUT2D eigenvalue weighted by atomic mass is 9.98. The summed E-state index contributed by atoms with van der Waals surface area (Å²) in [7, 11) is -0.475. The normalized spacial score (nSPS) is 17.4. The predicted octanol–water partition coefficient (Wildman–Crippen LogP) is 3.90. The molecular weight excluding hydrogens is 562 g/mol. The largest absolute Gasteiger partial charge is 0.435 e. The lowest BCUT2D eigenvalue weighted by Gasteiger charge is -2.28. The third kappa shape index (κ3) is 8.70. The van der Waals surface area contributed by atoms with E-state index in [1.165, 1.54) is 42.7 Å². The van der Waals surface area contributed by atoms with Crippen molar-refractivity contribution in [2.75, 3.05) is 13.2 Å². The molecule has 0 aliphatic carbocycles. The summed E-state index contributed by atoms with van der Waals surface area (Å²) in [5, 5.41) is 15.4. The third-order valence-electron chi connectivity index (χ3n) is 6.56. The van der Waals surface area contributed by atoms with Crippen LogP contribution in [0.5, 0.6) is 0 Å². The minimum Gasteiger partial charge on any atom is -0.435 e. The summed E-state index contributed by atoms with van der Waals surface area (Å²) in [4.78, 5) is 44.1. The van der Waals surface area contributed by atoms with Crippen molar-refractivity contribution in [2.24, 2.45) is 5.92 Å². The van der Waals surface area contributed by atoms with Gasteiger partial charge in [0.15, 0.2) is 15.8 Å². The van der Waals surface area contributed by atoms with E-state index in [9.17, 15) is 19.5 Å². The molecule has 40 heavy (non-hydrogen) atoms. The number of nitrogens with one attached hydrogen (secondary N) is 3. The van der Waals surface area contributed by atoms with Crippen LogP contribution in [0, 0.1) is 5.92 Å². The van der Waals surface area contributed by atoms with Gasteiger partial charge in [0, 0.05) is 41.0 Å². The highest BCUT2D eigenvalue weighted by Crippen LogP contribution is 2.43. The molecule has 1 aromatic heterocycles. The first-order chi connectivity index (χ1) is 19.1. The summed E-state index contributed by atoms with van der Waals surface area (Å²) in [6.45, 7) is 2.16. The second kappa shape index (κ2) is 15.1. The first-order valence-corrected chi connectivity index (χ1v) is 14.6. The zero-order valence-corrected chi connectivity index (χ0v) is 23.8. The SMILES string of the molecule is CCCC[C@H]([Si]NC(=O)OC(c1cccnc1)C(F)(F)c1cccc(Cl)c1)C(=O)N[C@H](CO)C[C@@H]1CCNC1=O. The molecule has 13 heteroatoms. The molecule has 1 aliphatic heterocycles. The molecule has 1 unspecified atom stereocenters. The number of aliphatic hydroxyl groups is 1. The van der Waals surface area contributed by atoms with E-state index >= 15 is 8.78 Å². The first kappa shape index (κ1) is 31.4. The number of hydrogen-bond donors (Lipinski definition) is 4. The van der Waals surface area contributed by atoms with Crippen LogP contribution in [0.3, 0.4) is 0 Å². The van der Waals surface area contributed by atoms with Gasteiger partial charge in [-0.15, -0.1) is 0 Å². The lowest BCUT2D eigenvalue weighted by molar-refractivity contribution is -0.125. The van der Waals surface area contributed by atoms with Gasteiger partial charge >= 0.3 is 12.0 Å². The van der Waals surface area contributed by atoms with Crippen LogP contribution in [-0.4, -0.2) is 56.9 Å². The number of amides is 3. The molecular formula is C27H33ClF2N4O5Si. The van der Waals surface area contributed by atoms with Crippen molar-refractivity contribution in [3.05, 3.63) is 64.9 Å². The number of carbonyl (C=O) groups is 3. The monoisotopic (exact) mass is 594 g/mol. The zero-order chi connectivity index (χ0) is 29.1. The summed E-state index contributed by atoms with van der Waals surface area (Å²) < 4.78 is 36.5. The number of hydrogen-bond acceptors (Lipinski definition) is 6. The van der Waals surface area contributed by atoms with Crippen molar-refractivity contribution < 1.29 is 33.0 Å². The Bertz CT molecular complexity index is 1150. The Morgan fingerprint density at radius 2 is 2.12 bits per heavy atom. The van der Waals surface area contributed by atoms with Crippen molar-refractivity contribution in [1.82, 2.24) is 20.6 Å². The van der Waals surface area contributed by atoms with Crippen molar-refractivity contribution in [3.63, 3.8) is 0 Å². The van der Waals surface area contributed by atoms with Crippen LogP contribution in [-0.2, 0) is 20.2 Å². The number of unbranched alkanes of at least 4 members (excludes halogenated alkanes) is 1. The molecule has 4 N–H and O–H groups in total. The van der Waals surface area contributed by atoms with E-state index in [4.69, 9.17) is 16.3 Å². The molecule has 0 spiro atoms. The number of benzene rings is 1. The number of nitrogens with zero attached hydrogens (tertiary/aromatic N) is 1. The summed E-state index contributed by atoms with van der Waals surface area (Å²) in [5.41, 5.74) is -1.13. The molecule has 2 radical (unpaired) electrons. The Kier molecular flexibility index (Phi) is 11.8. The molecule has 4 atom stereocenters. The van der Waals surface area contributed by atoms with Crippen molar-refractivity contribution >= 4 is 39.2 Å². The Morgan fingerprint density at radius 3 is 2.75 bits per heavy atom. The molecule has 9 nitrogen and oxygen atoms in total. The maximum Gasteiger partial charge on any atom is 0.399 e. The van der Waals surface area contributed by atoms with E-state index in [0.29, 0.717) is 32.2 Å². The minimum absolute atomic E-state index is 0.0204. The number of halogens is 3. The van der Waals surface area contributed by atoms with Gasteiger partial charge in [-0.3, -0.25) is 14.6 Å². The van der Waals surface area contributed by atoms with Gasteiger partial charge in [0.2, 0.25) is 11.8 Å². The van der Waals surface area contributed by atoms with Crippen LogP contribution < -0.4 is 15.6 Å². The Hall–Kier alpha value is -3.09. The predicted molar refractivity (Wildman–Crippen MR) is 146 cm³/mol. The molecule has 1 fully saturated rings. The number of rotatable bonds is 14. The lowest BCUT2D eigenvalue weighted by Crippen LogP contribution is -2.45. The molecule has 2 heterocycles. The summed E-state index contributed by atoms with van der Waals surface area (Å²) in [6.07, 6.45) is 2.28. The number of carbonyl (C=O) groups excluding carboxylic acids is 3. The van der Waals surface area contributed by atoms with E-state index < -0.39 is 50.9 Å². The molecule has 216 valence electrons. The summed E-state index contributed by atoms with van der Waals surface area (Å²) in [5.74, 6) is -4.46. The first-order valence-electron chi connectivity index (χ1n) is 13.1. The van der Waals surface area contributed by atoms with Crippen LogP contribution in [0.15, 0.2) is 48.8 Å². The number of alkyl halides is 2. The number of pyridine rings is 1. The molecule has 0 bridgehead atoms. The maximum atomic E-state index is 15.6. The van der Waals surface area contributed by atoms with Gasteiger partial charge in [0.1, 0.15) is 0 Å². The van der Waals surface area contributed by atoms with Crippen LogP contribution in [0.25, 0.3) is 0 Å². The van der Waals surface area contributed by atoms with Gasteiger partial charge < -0.3 is 25.5 Å². The zero-order valence-electron chi connectivity index (χ0n) is 22.0. The van der Waals surface area contributed by atoms with Crippen molar-refractivity contribution in [1.29, 1.82) is 0 Å². The standard InChI is InChI=1S/C27H33ClF2N4O5Si/c1-2-3-9-22(25(37)33-21(16-35)13-17-10-12-32-24(17)36)40-34-26(38)39-23(18-6-5-11-31-15-18)27(29,30)19-7-4-8-20(28)14-19/h4-8,11,14-15,17,21-23,35H,2-3,9-10,12-13,16H2,1H3,(H,32,36)(H,33,37)(H,34,38)/t17-,21-,22-,23?/m0/s1. The topological polar surface area (TPSA) is 130 Å². The summed E-state index contributed by atoms with van der Waals surface area (Å²) in [6, 6.07) is 7.33. The maximum absolute atomic E-state index is 15.6. The van der Waals surface area contributed by atoms with Gasteiger partial charge in [-0.1, -0.05) is 49.6 Å². The molecule has 0 saturated carbocycles. The Labute approximate surface area is 239 Å². The second-order valence-electron chi connectivity index (χ2n) is 9.57. The van der Waals surface area contributed by atoms with E-state index in [2.05, 4.69) is 20.6 Å². The fourth-order valence-electron chi connectivity index (χ4n) is 4.38. The highest BCUT2D eigenvalue weighted by Gasteiger charge is 2.46. The van der Waals surface area contributed by atoms with Crippen LogP contribution >= 0.6 is 11.6 Å². The van der Waals surface area contributed by atoms with E-state index in [-0.39, 0.29) is 29.0 Å². The molecule has 3 amide bonds. The third-order valence-corrected chi connectivity index (χ3v) is 8.04. The average molecular weight is 595 g/mol. The highest BCUT2D eigenvalue weighted by atomic mass is 35.5. The van der Waals surface area contributed by atoms with Crippen molar-refractivity contribution in [3.8, 4) is 0 Å². The fourth-order valence-corrected chi connectivity index (χ4v) is 5.49. The van der Waals surface area contributed by atoms with Gasteiger partial charge in [-0.2, -0.15) is 8.78 Å².